The Morgan fingerprint density at radius 3 is 2.49 bits per heavy atom. The van der Waals surface area contributed by atoms with E-state index in [2.05, 4.69) is 10.3 Å². The average molecular weight is 570 g/mol. The van der Waals surface area contributed by atoms with Gasteiger partial charge in [-0.25, -0.2) is 9.79 Å². The third kappa shape index (κ3) is 6.12. The number of carbonyl (C=O) groups excluding carboxylic acids is 1. The third-order valence-electron chi connectivity index (χ3n) is 6.32. The Kier molecular flexibility index (Phi) is 8.11. The first kappa shape index (κ1) is 27.6. The molecule has 10 heteroatoms. The number of hydrogen-bond acceptors (Lipinski definition) is 7. The Bertz CT molecular complexity index is 1810. The number of anilines is 1. The van der Waals surface area contributed by atoms with Crippen molar-refractivity contribution in [3.63, 3.8) is 0 Å². The number of hydrogen-bond donors (Lipinski definition) is 2. The maximum atomic E-state index is 13.9. The minimum Gasteiger partial charge on any atom is -0.494 e. The van der Waals surface area contributed by atoms with Crippen molar-refractivity contribution in [3.8, 4) is 11.5 Å². The Morgan fingerprint density at radius 1 is 1.02 bits per heavy atom. The van der Waals surface area contributed by atoms with E-state index < -0.39 is 18.6 Å². The molecule has 4 aromatic rings. The monoisotopic (exact) mass is 569 g/mol. The lowest BCUT2D eigenvalue weighted by Crippen LogP contribution is -2.40. The molecule has 0 unspecified atom stereocenters. The number of aliphatic carboxylic acids is 1. The largest absolute Gasteiger partial charge is 0.494 e. The number of carboxylic acid groups (broad SMARTS) is 1. The molecule has 0 spiro atoms. The molecule has 2 N–H and O–H groups in total. The van der Waals surface area contributed by atoms with E-state index in [9.17, 15) is 14.4 Å². The number of aromatic nitrogens is 1. The van der Waals surface area contributed by atoms with Gasteiger partial charge in [-0.1, -0.05) is 53.8 Å². The maximum Gasteiger partial charge on any atom is 0.341 e. The van der Waals surface area contributed by atoms with Gasteiger partial charge < -0.3 is 19.9 Å². The van der Waals surface area contributed by atoms with Gasteiger partial charge in [0.1, 0.15) is 11.5 Å². The molecule has 1 atom stereocenters. The van der Waals surface area contributed by atoms with E-state index in [0.29, 0.717) is 50.0 Å². The van der Waals surface area contributed by atoms with Gasteiger partial charge in [-0.15, -0.1) is 0 Å². The third-order valence-corrected chi connectivity index (χ3v) is 7.31. The lowest BCUT2D eigenvalue weighted by molar-refractivity contribution is -0.139. The summed E-state index contributed by atoms with van der Waals surface area (Å²) in [5, 5.41) is 11.8. The summed E-state index contributed by atoms with van der Waals surface area (Å²) < 4.78 is 12.8. The Labute approximate surface area is 239 Å². The van der Waals surface area contributed by atoms with Crippen LogP contribution in [0.4, 0.5) is 5.69 Å². The first-order valence-electron chi connectivity index (χ1n) is 12.9. The number of allylic oxidation sites excluding steroid dienone is 1. The fourth-order valence-corrected chi connectivity index (χ4v) is 5.60. The minimum atomic E-state index is -1.08. The second kappa shape index (κ2) is 12.1. The number of thiazole rings is 1. The van der Waals surface area contributed by atoms with Crippen LogP contribution >= 0.6 is 11.3 Å². The van der Waals surface area contributed by atoms with Crippen LogP contribution in [-0.4, -0.2) is 34.8 Å². The van der Waals surface area contributed by atoms with E-state index in [4.69, 9.17) is 14.6 Å². The number of para-hydroxylation sites is 1. The number of ether oxygens (including phenoxy) is 2. The van der Waals surface area contributed by atoms with E-state index in [1.165, 1.54) is 11.3 Å². The molecule has 0 radical (unpaired) electrons. The van der Waals surface area contributed by atoms with Crippen molar-refractivity contribution in [2.45, 2.75) is 19.9 Å². The van der Waals surface area contributed by atoms with Gasteiger partial charge in [-0.2, -0.15) is 0 Å². The highest BCUT2D eigenvalue weighted by molar-refractivity contribution is 7.07. The highest BCUT2D eigenvalue weighted by Gasteiger charge is 2.32. The van der Waals surface area contributed by atoms with Crippen LogP contribution in [0.5, 0.6) is 11.5 Å². The number of fused-ring (bicyclic) bond motifs is 1. The zero-order valence-electron chi connectivity index (χ0n) is 22.4. The van der Waals surface area contributed by atoms with Gasteiger partial charge in [0.2, 0.25) is 0 Å². The van der Waals surface area contributed by atoms with Gasteiger partial charge >= 0.3 is 5.97 Å². The average Bonchev–Trinajstić information content (AvgIpc) is 3.26. The molecule has 1 amide bonds. The lowest BCUT2D eigenvalue weighted by atomic mass is 9.95. The van der Waals surface area contributed by atoms with Crippen LogP contribution in [0.2, 0.25) is 0 Å². The highest BCUT2D eigenvalue weighted by Crippen LogP contribution is 2.31. The summed E-state index contributed by atoms with van der Waals surface area (Å²) in [6.45, 7) is 3.71. The molecule has 0 fully saturated rings. The van der Waals surface area contributed by atoms with Crippen LogP contribution in [0.3, 0.4) is 0 Å². The second-order valence-corrected chi connectivity index (χ2v) is 10.2. The Morgan fingerprint density at radius 2 is 1.78 bits per heavy atom. The molecular weight excluding hydrogens is 542 g/mol. The molecule has 0 bridgehead atoms. The van der Waals surface area contributed by atoms with Gasteiger partial charge in [-0.05, 0) is 67.4 Å². The van der Waals surface area contributed by atoms with Gasteiger partial charge in [0.15, 0.2) is 11.4 Å². The van der Waals surface area contributed by atoms with Crippen molar-refractivity contribution in [1.29, 1.82) is 0 Å². The zero-order chi connectivity index (χ0) is 28.9. The number of benzene rings is 3. The molecular formula is C31H27N3O6S. The quantitative estimate of drug-likeness (QED) is 0.317. The standard InChI is InChI=1S/C31H27N3O6S/c1-3-39-23-14-12-21(13-15-23)28-27(29(37)33-22-9-5-4-6-10-22)19(2)32-31-34(28)30(38)25(41-31)17-20-8-7-11-24(16-20)40-18-26(35)36/h4-17,28H,3,18H2,1-2H3,(H,33,37)(H,35,36)/b25-17-/t28-/m0/s1. The molecule has 0 aliphatic carbocycles. The molecule has 1 aromatic heterocycles. The zero-order valence-corrected chi connectivity index (χ0v) is 23.2. The normalized spacial score (nSPS) is 14.7. The number of rotatable bonds is 9. The number of nitrogens with zero attached hydrogens (tertiary/aromatic N) is 2. The summed E-state index contributed by atoms with van der Waals surface area (Å²) in [5.74, 6) is -0.379. The van der Waals surface area contributed by atoms with Crippen LogP contribution in [0, 0.1) is 0 Å². The smallest absolute Gasteiger partial charge is 0.341 e. The molecule has 1 aliphatic heterocycles. The molecule has 41 heavy (non-hydrogen) atoms. The van der Waals surface area contributed by atoms with Crippen LogP contribution < -0.4 is 29.7 Å². The molecule has 208 valence electrons. The molecule has 0 saturated heterocycles. The summed E-state index contributed by atoms with van der Waals surface area (Å²) in [5.41, 5.74) is 2.59. The molecule has 5 rings (SSSR count). The fraction of sp³-hybridized carbons (Fsp3) is 0.161. The van der Waals surface area contributed by atoms with Crippen LogP contribution in [0.25, 0.3) is 6.08 Å². The van der Waals surface area contributed by atoms with E-state index in [-0.39, 0.29) is 11.5 Å². The predicted octanol–water partition coefficient (Wildman–Crippen LogP) is 3.74. The Hall–Kier alpha value is -4.96. The maximum absolute atomic E-state index is 13.9. The summed E-state index contributed by atoms with van der Waals surface area (Å²) in [4.78, 5) is 43.6. The van der Waals surface area contributed by atoms with Crippen molar-refractivity contribution in [1.82, 2.24) is 4.57 Å². The number of carboxylic acids is 1. The van der Waals surface area contributed by atoms with Gasteiger partial charge in [-0.3, -0.25) is 14.2 Å². The van der Waals surface area contributed by atoms with Crippen molar-refractivity contribution in [2.75, 3.05) is 18.5 Å². The van der Waals surface area contributed by atoms with Gasteiger partial charge in [0, 0.05) is 5.69 Å². The number of carbonyl (C=O) groups is 2. The van der Waals surface area contributed by atoms with Crippen molar-refractivity contribution >= 4 is 35.0 Å². The Balaban J connectivity index is 1.60. The summed E-state index contributed by atoms with van der Waals surface area (Å²) in [6.07, 6.45) is 1.70. The van der Waals surface area contributed by atoms with E-state index in [0.717, 1.165) is 5.56 Å². The second-order valence-electron chi connectivity index (χ2n) is 9.16. The summed E-state index contributed by atoms with van der Waals surface area (Å²) >= 11 is 1.21. The van der Waals surface area contributed by atoms with Crippen LogP contribution in [0.1, 0.15) is 31.0 Å². The van der Waals surface area contributed by atoms with Crippen LogP contribution in [0.15, 0.2) is 99.9 Å². The lowest BCUT2D eigenvalue weighted by Gasteiger charge is -2.25. The topological polar surface area (TPSA) is 119 Å². The van der Waals surface area contributed by atoms with Gasteiger partial charge in [0.05, 0.1) is 28.5 Å². The number of nitrogens with one attached hydrogen (secondary N) is 1. The van der Waals surface area contributed by atoms with E-state index in [1.807, 2.05) is 49.4 Å². The molecule has 1 aliphatic rings. The van der Waals surface area contributed by atoms with Crippen LogP contribution in [-0.2, 0) is 9.59 Å². The minimum absolute atomic E-state index is 0.304. The molecule has 3 aromatic carbocycles. The molecule has 9 nitrogen and oxygen atoms in total. The summed E-state index contributed by atoms with van der Waals surface area (Å²) in [7, 11) is 0. The molecule has 0 saturated carbocycles. The first-order valence-corrected chi connectivity index (χ1v) is 13.7. The SMILES string of the molecule is CCOc1ccc([C@H]2C(C(=O)Nc3ccccc3)=C(C)N=c3s/c(=C\c4cccc(OCC(=O)O)c4)c(=O)n32)cc1. The summed E-state index contributed by atoms with van der Waals surface area (Å²) in [6, 6.07) is 22.6. The van der Waals surface area contributed by atoms with Crippen molar-refractivity contribution in [2.24, 2.45) is 4.99 Å². The van der Waals surface area contributed by atoms with Gasteiger partial charge in [0.25, 0.3) is 11.5 Å². The molecule has 2 heterocycles. The van der Waals surface area contributed by atoms with Crippen molar-refractivity contribution < 1.29 is 24.2 Å². The first-order chi connectivity index (χ1) is 19.8. The van der Waals surface area contributed by atoms with Crippen molar-refractivity contribution in [3.05, 3.63) is 121 Å². The van der Waals surface area contributed by atoms with E-state index >= 15 is 0 Å². The highest BCUT2D eigenvalue weighted by atomic mass is 32.1. The predicted molar refractivity (Wildman–Crippen MR) is 156 cm³/mol. The number of amides is 1. The van der Waals surface area contributed by atoms with E-state index in [1.54, 1.807) is 54.0 Å². The fourth-order valence-electron chi connectivity index (χ4n) is 4.55.